The van der Waals surface area contributed by atoms with Crippen LogP contribution < -0.4 is 10.1 Å². The molecule has 0 aliphatic carbocycles. The van der Waals surface area contributed by atoms with Gasteiger partial charge in [-0.05, 0) is 66.1 Å². The van der Waals surface area contributed by atoms with Crippen molar-refractivity contribution in [2.45, 2.75) is 46.3 Å². The minimum absolute atomic E-state index is 0.0000138. The molecule has 1 aliphatic heterocycles. The molecule has 3 heterocycles. The highest BCUT2D eigenvalue weighted by molar-refractivity contribution is 5.77. The number of carboxylic acid groups (broad SMARTS) is 1. The number of H-pyrrole nitrogens is 1. The number of rotatable bonds is 7. The van der Waals surface area contributed by atoms with Crippen molar-refractivity contribution in [3.05, 3.63) is 72.3 Å². The van der Waals surface area contributed by atoms with E-state index in [1.165, 1.54) is 0 Å². The fourth-order valence-corrected chi connectivity index (χ4v) is 5.10. The molecule has 0 saturated carbocycles. The number of piperidine rings is 1. The Bertz CT molecular complexity index is 1380. The lowest BCUT2D eigenvalue weighted by molar-refractivity contribution is 0.0428. The molecule has 1 fully saturated rings. The van der Waals surface area contributed by atoms with Crippen LogP contribution >= 0.6 is 0 Å². The number of aromatic nitrogens is 3. The molecule has 0 bridgehead atoms. The zero-order valence-electron chi connectivity index (χ0n) is 22.1. The highest BCUT2D eigenvalue weighted by Crippen LogP contribution is 2.35. The summed E-state index contributed by atoms with van der Waals surface area (Å²) in [6, 6.07) is 21.9. The monoisotopic (exact) mass is 513 g/mol. The molecule has 1 saturated heterocycles. The van der Waals surface area contributed by atoms with Gasteiger partial charge in [0.05, 0.1) is 5.52 Å². The lowest BCUT2D eigenvalue weighted by Crippen LogP contribution is -2.52. The van der Waals surface area contributed by atoms with Gasteiger partial charge in [-0.2, -0.15) is 0 Å². The van der Waals surface area contributed by atoms with Crippen LogP contribution in [0.15, 0.2) is 66.7 Å². The molecule has 8 heteroatoms. The topological polar surface area (TPSA) is 103 Å². The third-order valence-corrected chi connectivity index (χ3v) is 7.25. The van der Waals surface area contributed by atoms with Gasteiger partial charge < -0.3 is 25.0 Å². The van der Waals surface area contributed by atoms with Crippen molar-refractivity contribution >= 4 is 23.1 Å². The summed E-state index contributed by atoms with van der Waals surface area (Å²) in [5.74, 6) is 2.72. The molecule has 2 aromatic heterocycles. The highest BCUT2D eigenvalue weighted by atomic mass is 16.5. The first-order valence-electron chi connectivity index (χ1n) is 13.1. The zero-order valence-corrected chi connectivity index (χ0v) is 22.1. The number of amides is 1. The number of likely N-dealkylation sites (tertiary alicyclic amines) is 1. The Morgan fingerprint density at radius 3 is 2.55 bits per heavy atom. The molecule has 4 aromatic rings. The summed E-state index contributed by atoms with van der Waals surface area (Å²) in [4.78, 5) is 26.1. The zero-order chi connectivity index (χ0) is 26.7. The second-order valence-corrected chi connectivity index (χ2v) is 11.1. The van der Waals surface area contributed by atoms with Gasteiger partial charge in [0, 0.05) is 24.7 Å². The van der Waals surface area contributed by atoms with Crippen LogP contribution in [-0.4, -0.2) is 50.2 Å². The summed E-state index contributed by atoms with van der Waals surface area (Å²) in [5.41, 5.74) is 3.51. The van der Waals surface area contributed by atoms with Crippen LogP contribution in [0, 0.1) is 11.3 Å². The molecule has 1 amide bonds. The predicted octanol–water partition coefficient (Wildman–Crippen LogP) is 6.42. The van der Waals surface area contributed by atoms with Gasteiger partial charge in [-0.3, -0.25) is 0 Å². The second-order valence-electron chi connectivity index (χ2n) is 11.1. The van der Waals surface area contributed by atoms with Crippen molar-refractivity contribution in [1.82, 2.24) is 19.9 Å². The van der Waals surface area contributed by atoms with E-state index in [0.29, 0.717) is 24.7 Å². The summed E-state index contributed by atoms with van der Waals surface area (Å²) in [6.07, 6.45) is 0.848. The Labute approximate surface area is 223 Å². The number of carbonyl (C=O) groups is 1. The van der Waals surface area contributed by atoms with E-state index in [1.54, 1.807) is 4.90 Å². The van der Waals surface area contributed by atoms with Crippen LogP contribution in [-0.2, 0) is 6.61 Å². The average Bonchev–Trinajstić information content (AvgIpc) is 3.34. The van der Waals surface area contributed by atoms with Crippen LogP contribution in [0.1, 0.15) is 39.2 Å². The minimum atomic E-state index is -0.827. The second kappa shape index (κ2) is 10.7. The summed E-state index contributed by atoms with van der Waals surface area (Å²) >= 11 is 0. The molecule has 2 aromatic carbocycles. The number of pyridine rings is 1. The van der Waals surface area contributed by atoms with E-state index in [2.05, 4.69) is 31.1 Å². The van der Waals surface area contributed by atoms with E-state index in [4.69, 9.17) is 14.7 Å². The molecule has 0 radical (unpaired) electrons. The van der Waals surface area contributed by atoms with E-state index in [9.17, 15) is 9.90 Å². The van der Waals surface area contributed by atoms with Gasteiger partial charge in [0.1, 0.15) is 24.0 Å². The van der Waals surface area contributed by atoms with Crippen molar-refractivity contribution in [3.8, 4) is 17.1 Å². The molecular formula is C30H35N5O3. The van der Waals surface area contributed by atoms with Crippen LogP contribution in [0.3, 0.4) is 0 Å². The van der Waals surface area contributed by atoms with E-state index in [-0.39, 0.29) is 11.5 Å². The number of anilines is 1. The SMILES string of the molecule is CC(C)(C)C1CC(CNc2ccc3[nH]c(-c4ccc(OCc5ccccc5)cc4)nc3n2)CCN1C(=O)O. The lowest BCUT2D eigenvalue weighted by Gasteiger charge is -2.44. The van der Waals surface area contributed by atoms with E-state index in [0.717, 1.165) is 53.4 Å². The summed E-state index contributed by atoms with van der Waals surface area (Å²) in [5, 5.41) is 13.1. The number of imidazole rings is 1. The van der Waals surface area contributed by atoms with Gasteiger partial charge in [-0.1, -0.05) is 51.1 Å². The fraction of sp³-hybridized carbons (Fsp3) is 0.367. The Balaban J connectivity index is 1.21. The average molecular weight is 514 g/mol. The lowest BCUT2D eigenvalue weighted by atomic mass is 9.77. The van der Waals surface area contributed by atoms with Crippen molar-refractivity contribution in [2.75, 3.05) is 18.4 Å². The Kier molecular flexibility index (Phi) is 7.22. The van der Waals surface area contributed by atoms with Crippen LogP contribution in [0.25, 0.3) is 22.6 Å². The number of hydrogen-bond acceptors (Lipinski definition) is 5. The Morgan fingerprint density at radius 2 is 1.84 bits per heavy atom. The van der Waals surface area contributed by atoms with Gasteiger partial charge in [-0.25, -0.2) is 14.8 Å². The van der Waals surface area contributed by atoms with Crippen molar-refractivity contribution in [3.63, 3.8) is 0 Å². The first-order chi connectivity index (χ1) is 18.3. The van der Waals surface area contributed by atoms with Crippen LogP contribution in [0.4, 0.5) is 10.6 Å². The predicted molar refractivity (Wildman–Crippen MR) is 149 cm³/mol. The number of nitrogens with zero attached hydrogens (tertiary/aromatic N) is 3. The van der Waals surface area contributed by atoms with E-state index in [1.807, 2.05) is 66.7 Å². The first-order valence-corrected chi connectivity index (χ1v) is 13.1. The van der Waals surface area contributed by atoms with Crippen LogP contribution in [0.5, 0.6) is 5.75 Å². The summed E-state index contributed by atoms with van der Waals surface area (Å²) in [6.45, 7) is 8.17. The number of benzene rings is 2. The Hall–Kier alpha value is -4.07. The van der Waals surface area contributed by atoms with Crippen molar-refractivity contribution < 1.29 is 14.6 Å². The maximum Gasteiger partial charge on any atom is 0.407 e. The van der Waals surface area contributed by atoms with Gasteiger partial charge in [0.15, 0.2) is 5.65 Å². The first kappa shape index (κ1) is 25.6. The quantitative estimate of drug-likeness (QED) is 0.263. The number of fused-ring (bicyclic) bond motifs is 1. The smallest absolute Gasteiger partial charge is 0.407 e. The van der Waals surface area contributed by atoms with Gasteiger partial charge in [-0.15, -0.1) is 0 Å². The number of nitrogens with one attached hydrogen (secondary N) is 2. The van der Waals surface area contributed by atoms with Gasteiger partial charge >= 0.3 is 6.09 Å². The molecule has 8 nitrogen and oxygen atoms in total. The third kappa shape index (κ3) is 5.90. The standard InChI is InChI=1S/C30H35N5O3/c1-30(2,3)25-17-21(15-16-35(25)29(36)37)18-31-26-14-13-24-28(33-26)34-27(32-24)22-9-11-23(12-10-22)38-19-20-7-5-4-6-8-20/h4-14,21,25H,15-19H2,1-3H3,(H,36,37)(H2,31,32,33,34). The largest absolute Gasteiger partial charge is 0.489 e. The molecule has 2 atom stereocenters. The maximum atomic E-state index is 11.7. The molecule has 38 heavy (non-hydrogen) atoms. The normalized spacial score (nSPS) is 17.9. The minimum Gasteiger partial charge on any atom is -0.489 e. The molecule has 0 spiro atoms. The number of hydrogen-bond donors (Lipinski definition) is 3. The van der Waals surface area contributed by atoms with Crippen LogP contribution in [0.2, 0.25) is 0 Å². The van der Waals surface area contributed by atoms with Gasteiger partial charge in [0.25, 0.3) is 0 Å². The molecule has 5 rings (SSSR count). The molecule has 198 valence electrons. The van der Waals surface area contributed by atoms with Crippen molar-refractivity contribution in [1.29, 1.82) is 0 Å². The molecular weight excluding hydrogens is 478 g/mol. The molecule has 2 unspecified atom stereocenters. The highest BCUT2D eigenvalue weighted by Gasteiger charge is 2.38. The van der Waals surface area contributed by atoms with E-state index < -0.39 is 6.09 Å². The number of aromatic amines is 1. The maximum absolute atomic E-state index is 11.7. The summed E-state index contributed by atoms with van der Waals surface area (Å²) < 4.78 is 5.89. The molecule has 3 N–H and O–H groups in total. The van der Waals surface area contributed by atoms with E-state index >= 15 is 0 Å². The number of ether oxygens (including phenoxy) is 1. The third-order valence-electron chi connectivity index (χ3n) is 7.25. The Morgan fingerprint density at radius 1 is 1.08 bits per heavy atom. The van der Waals surface area contributed by atoms with Gasteiger partial charge in [0.2, 0.25) is 0 Å². The fourth-order valence-electron chi connectivity index (χ4n) is 5.10. The molecule has 1 aliphatic rings. The summed E-state index contributed by atoms with van der Waals surface area (Å²) in [7, 11) is 0. The van der Waals surface area contributed by atoms with Crippen molar-refractivity contribution in [2.24, 2.45) is 11.3 Å².